The molecule has 9 nitrogen and oxygen atoms in total. The number of rotatable bonds is 3. The monoisotopic (exact) mass is 173 g/mol. The number of nitro groups is 2. The lowest BCUT2D eigenvalue weighted by Crippen LogP contribution is -2.19. The van der Waals surface area contributed by atoms with E-state index in [1.54, 1.807) is 0 Å². The summed E-state index contributed by atoms with van der Waals surface area (Å²) in [6.07, 6.45) is -1.10. The average Bonchev–Trinajstić information content (AvgIpc) is 2.37. The largest absolute Gasteiger partial charge is 0.496 e. The van der Waals surface area contributed by atoms with Gasteiger partial charge in [-0.1, -0.05) is 0 Å². The standard InChI is InChI=1S/C3H3N5O4/c9-7(10)3(8(11)12)2-1-4-6-5-2/h1,3H,(H,4,5,6). The first-order valence-electron chi connectivity index (χ1n) is 2.75. The summed E-state index contributed by atoms with van der Waals surface area (Å²) < 4.78 is 0. The van der Waals surface area contributed by atoms with Crippen LogP contribution in [0.3, 0.4) is 0 Å². The molecule has 0 unspecified atom stereocenters. The Bertz CT molecular complexity index is 280. The lowest BCUT2D eigenvalue weighted by molar-refractivity contribution is -0.753. The Morgan fingerprint density at radius 2 is 2.00 bits per heavy atom. The van der Waals surface area contributed by atoms with Gasteiger partial charge in [-0.2, -0.15) is 10.3 Å². The van der Waals surface area contributed by atoms with Gasteiger partial charge in [0.1, 0.15) is 9.85 Å². The topological polar surface area (TPSA) is 128 Å². The normalized spacial score (nSPS) is 10.1. The van der Waals surface area contributed by atoms with Crippen molar-refractivity contribution < 1.29 is 9.85 Å². The summed E-state index contributed by atoms with van der Waals surface area (Å²) in [6.45, 7) is 0. The second kappa shape index (κ2) is 2.90. The maximum absolute atomic E-state index is 10.1. The molecule has 0 amide bonds. The van der Waals surface area contributed by atoms with E-state index in [-0.39, 0.29) is 5.69 Å². The third-order valence-corrected chi connectivity index (χ3v) is 1.10. The number of aromatic nitrogens is 3. The maximum atomic E-state index is 10.1. The molecular formula is C3H3N5O4. The number of nitrogens with zero attached hydrogens (tertiary/aromatic N) is 4. The molecule has 0 aliphatic carbocycles. The van der Waals surface area contributed by atoms with Crippen molar-refractivity contribution in [2.75, 3.05) is 0 Å². The molecule has 0 aliphatic heterocycles. The predicted molar refractivity (Wildman–Crippen MR) is 33.1 cm³/mol. The number of hydrogen-bond donors (Lipinski definition) is 1. The SMILES string of the molecule is O=[N+]([O-])C(c1cn[nH]n1)[N+](=O)[O-]. The summed E-state index contributed by atoms with van der Waals surface area (Å²) in [5, 5.41) is 28.8. The van der Waals surface area contributed by atoms with Crippen LogP contribution in [0.2, 0.25) is 0 Å². The van der Waals surface area contributed by atoms with Gasteiger partial charge in [0, 0.05) is 0 Å². The molecule has 1 heterocycles. The summed E-state index contributed by atoms with van der Waals surface area (Å²) in [5.41, 5.74) is -0.315. The van der Waals surface area contributed by atoms with E-state index in [0.29, 0.717) is 0 Å². The van der Waals surface area contributed by atoms with E-state index in [9.17, 15) is 20.2 Å². The summed E-state index contributed by atoms with van der Waals surface area (Å²) in [6, 6.07) is 0. The van der Waals surface area contributed by atoms with E-state index in [0.717, 1.165) is 6.20 Å². The second-order valence-corrected chi connectivity index (χ2v) is 1.84. The van der Waals surface area contributed by atoms with Crippen molar-refractivity contribution in [2.45, 2.75) is 6.17 Å². The van der Waals surface area contributed by atoms with E-state index in [2.05, 4.69) is 10.2 Å². The van der Waals surface area contributed by atoms with Crippen molar-refractivity contribution in [3.8, 4) is 0 Å². The summed E-state index contributed by atoms with van der Waals surface area (Å²) in [5.74, 6) is 0. The minimum absolute atomic E-state index is 0.315. The van der Waals surface area contributed by atoms with E-state index < -0.39 is 16.0 Å². The predicted octanol–water partition coefficient (Wildman–Crippen LogP) is -0.643. The van der Waals surface area contributed by atoms with Crippen LogP contribution in [0.1, 0.15) is 11.9 Å². The van der Waals surface area contributed by atoms with Gasteiger partial charge in [-0.3, -0.25) is 20.2 Å². The van der Waals surface area contributed by atoms with Gasteiger partial charge >= 0.3 is 6.17 Å². The van der Waals surface area contributed by atoms with Crippen LogP contribution in [0.15, 0.2) is 6.20 Å². The molecule has 1 aromatic rings. The first kappa shape index (κ1) is 8.04. The fourth-order valence-corrected chi connectivity index (χ4v) is 0.628. The van der Waals surface area contributed by atoms with Gasteiger partial charge in [-0.15, -0.1) is 5.10 Å². The van der Waals surface area contributed by atoms with Crippen molar-refractivity contribution in [2.24, 2.45) is 0 Å². The molecule has 1 rings (SSSR count). The van der Waals surface area contributed by atoms with Crippen molar-refractivity contribution in [3.05, 3.63) is 32.1 Å². The van der Waals surface area contributed by atoms with Crippen molar-refractivity contribution in [1.82, 2.24) is 15.4 Å². The van der Waals surface area contributed by atoms with Gasteiger partial charge in [0.2, 0.25) is 5.69 Å². The van der Waals surface area contributed by atoms with Gasteiger partial charge in [-0.25, -0.2) is 0 Å². The number of H-pyrrole nitrogens is 1. The maximum Gasteiger partial charge on any atom is 0.496 e. The Hall–Kier alpha value is -2.06. The lowest BCUT2D eigenvalue weighted by Gasteiger charge is -1.95. The highest BCUT2D eigenvalue weighted by molar-refractivity contribution is 4.91. The van der Waals surface area contributed by atoms with Crippen LogP contribution >= 0.6 is 0 Å². The fraction of sp³-hybridized carbons (Fsp3) is 0.333. The molecule has 0 fully saturated rings. The lowest BCUT2D eigenvalue weighted by atomic mass is 10.4. The smallest absolute Gasteiger partial charge is 0.258 e. The van der Waals surface area contributed by atoms with Crippen molar-refractivity contribution >= 4 is 0 Å². The van der Waals surface area contributed by atoms with Gasteiger partial charge in [0.25, 0.3) is 0 Å². The third-order valence-electron chi connectivity index (χ3n) is 1.10. The van der Waals surface area contributed by atoms with Gasteiger partial charge in [0.05, 0.1) is 6.20 Å². The molecule has 9 heteroatoms. The summed E-state index contributed by atoms with van der Waals surface area (Å²) >= 11 is 0. The average molecular weight is 173 g/mol. The zero-order chi connectivity index (χ0) is 9.14. The molecule has 12 heavy (non-hydrogen) atoms. The zero-order valence-electron chi connectivity index (χ0n) is 5.58. The van der Waals surface area contributed by atoms with Crippen LogP contribution < -0.4 is 0 Å². The highest BCUT2D eigenvalue weighted by Crippen LogP contribution is 2.11. The number of aromatic amines is 1. The van der Waals surface area contributed by atoms with E-state index in [1.165, 1.54) is 0 Å². The first-order valence-corrected chi connectivity index (χ1v) is 2.75. The minimum atomic E-state index is -2.04. The Labute approximate surface area is 64.7 Å². The Kier molecular flexibility index (Phi) is 1.94. The van der Waals surface area contributed by atoms with Gasteiger partial charge < -0.3 is 0 Å². The highest BCUT2D eigenvalue weighted by atomic mass is 16.7. The molecule has 0 spiro atoms. The van der Waals surface area contributed by atoms with Gasteiger partial charge in [-0.05, 0) is 0 Å². The first-order chi connectivity index (χ1) is 5.63. The molecule has 0 atom stereocenters. The Balaban J connectivity index is 2.96. The highest BCUT2D eigenvalue weighted by Gasteiger charge is 2.37. The van der Waals surface area contributed by atoms with E-state index in [4.69, 9.17) is 0 Å². The van der Waals surface area contributed by atoms with Crippen LogP contribution in [0.5, 0.6) is 0 Å². The molecule has 1 N–H and O–H groups in total. The minimum Gasteiger partial charge on any atom is -0.258 e. The quantitative estimate of drug-likeness (QED) is 0.367. The van der Waals surface area contributed by atoms with E-state index >= 15 is 0 Å². The van der Waals surface area contributed by atoms with Crippen LogP contribution in [-0.2, 0) is 0 Å². The summed E-state index contributed by atoms with van der Waals surface area (Å²) in [7, 11) is 0. The van der Waals surface area contributed by atoms with Crippen molar-refractivity contribution in [1.29, 1.82) is 0 Å². The second-order valence-electron chi connectivity index (χ2n) is 1.84. The van der Waals surface area contributed by atoms with E-state index in [1.807, 2.05) is 5.21 Å². The molecular weight excluding hydrogens is 170 g/mol. The Morgan fingerprint density at radius 1 is 1.42 bits per heavy atom. The molecule has 0 saturated heterocycles. The van der Waals surface area contributed by atoms with Crippen LogP contribution in [-0.4, -0.2) is 25.3 Å². The number of nitrogens with one attached hydrogen (secondary N) is 1. The molecule has 64 valence electrons. The summed E-state index contributed by atoms with van der Waals surface area (Å²) in [4.78, 5) is 18.2. The molecule has 0 bridgehead atoms. The van der Waals surface area contributed by atoms with Gasteiger partial charge in [0.15, 0.2) is 0 Å². The van der Waals surface area contributed by atoms with Crippen LogP contribution in [0, 0.1) is 20.2 Å². The Morgan fingerprint density at radius 3 is 2.33 bits per heavy atom. The molecule has 0 aliphatic rings. The zero-order valence-corrected chi connectivity index (χ0v) is 5.58. The molecule has 0 aromatic carbocycles. The third kappa shape index (κ3) is 1.33. The van der Waals surface area contributed by atoms with Crippen molar-refractivity contribution in [3.63, 3.8) is 0 Å². The molecule has 0 radical (unpaired) electrons. The number of hydrogen-bond acceptors (Lipinski definition) is 6. The van der Waals surface area contributed by atoms with Crippen LogP contribution in [0.4, 0.5) is 0 Å². The fourth-order valence-electron chi connectivity index (χ4n) is 0.628. The molecule has 0 saturated carbocycles. The van der Waals surface area contributed by atoms with Crippen LogP contribution in [0.25, 0.3) is 0 Å². The molecule has 1 aromatic heterocycles.